The zero-order valence-electron chi connectivity index (χ0n) is 12.0. The van der Waals surface area contributed by atoms with E-state index in [1.54, 1.807) is 0 Å². The Hall–Kier alpha value is -0.530. The minimum Gasteiger partial charge on any atom is -0.396 e. The van der Waals surface area contributed by atoms with Crippen LogP contribution in [0.5, 0.6) is 0 Å². The van der Waals surface area contributed by atoms with Crippen LogP contribution in [0, 0.1) is 0 Å². The van der Waals surface area contributed by atoms with Crippen LogP contribution in [0.25, 0.3) is 0 Å². The van der Waals surface area contributed by atoms with Gasteiger partial charge in [0, 0.05) is 13.2 Å². The smallest absolute Gasteiger partial charge is 0.242 e. The fourth-order valence-corrected chi connectivity index (χ4v) is 3.42. The summed E-state index contributed by atoms with van der Waals surface area (Å²) < 4.78 is 32.1. The van der Waals surface area contributed by atoms with E-state index in [2.05, 4.69) is 4.72 Å². The standard InChI is InChI=1S/C13H20Cl2N2O3S/c1-9(2)20-8-4-3-7-17-21(18,19)11-6-5-10(14)13(16)12(11)15/h5-6,9,17H,3-4,7-8,16H2,1-2H3. The van der Waals surface area contributed by atoms with Gasteiger partial charge in [-0.05, 0) is 38.8 Å². The van der Waals surface area contributed by atoms with E-state index in [9.17, 15) is 8.42 Å². The molecule has 0 aliphatic rings. The molecule has 1 aromatic rings. The van der Waals surface area contributed by atoms with E-state index >= 15 is 0 Å². The zero-order chi connectivity index (χ0) is 16.0. The molecule has 120 valence electrons. The van der Waals surface area contributed by atoms with E-state index < -0.39 is 10.0 Å². The molecular weight excluding hydrogens is 335 g/mol. The van der Waals surface area contributed by atoms with Gasteiger partial charge in [-0.15, -0.1) is 0 Å². The van der Waals surface area contributed by atoms with Crippen LogP contribution in [-0.4, -0.2) is 27.7 Å². The largest absolute Gasteiger partial charge is 0.396 e. The molecule has 0 aliphatic heterocycles. The molecule has 0 unspecified atom stereocenters. The molecule has 5 nitrogen and oxygen atoms in total. The van der Waals surface area contributed by atoms with Crippen LogP contribution in [0.2, 0.25) is 10.0 Å². The van der Waals surface area contributed by atoms with Crippen LogP contribution in [-0.2, 0) is 14.8 Å². The number of benzene rings is 1. The van der Waals surface area contributed by atoms with Crippen molar-refractivity contribution in [1.29, 1.82) is 0 Å². The van der Waals surface area contributed by atoms with Crippen LogP contribution >= 0.6 is 23.2 Å². The highest BCUT2D eigenvalue weighted by atomic mass is 35.5. The fraction of sp³-hybridized carbons (Fsp3) is 0.538. The van der Waals surface area contributed by atoms with Crippen LogP contribution in [0.3, 0.4) is 0 Å². The van der Waals surface area contributed by atoms with Crippen molar-refractivity contribution in [2.45, 2.75) is 37.7 Å². The highest BCUT2D eigenvalue weighted by Crippen LogP contribution is 2.32. The molecule has 3 N–H and O–H groups in total. The summed E-state index contributed by atoms with van der Waals surface area (Å²) in [6, 6.07) is 2.75. The van der Waals surface area contributed by atoms with E-state index in [0.717, 1.165) is 6.42 Å². The summed E-state index contributed by atoms with van der Waals surface area (Å²) in [5, 5.41) is 0.169. The third-order valence-electron chi connectivity index (χ3n) is 2.70. The number of unbranched alkanes of at least 4 members (excludes halogenated alkanes) is 1. The maximum atomic E-state index is 12.1. The lowest BCUT2D eigenvalue weighted by Gasteiger charge is -2.11. The topological polar surface area (TPSA) is 81.4 Å². The summed E-state index contributed by atoms with van der Waals surface area (Å²) in [4.78, 5) is -0.0653. The molecule has 0 heterocycles. The lowest BCUT2D eigenvalue weighted by atomic mass is 10.3. The average molecular weight is 355 g/mol. The maximum Gasteiger partial charge on any atom is 0.242 e. The molecule has 0 aliphatic carbocycles. The molecule has 0 atom stereocenters. The summed E-state index contributed by atoms with van der Waals surface area (Å²) in [5.74, 6) is 0. The van der Waals surface area contributed by atoms with Crippen molar-refractivity contribution in [1.82, 2.24) is 4.72 Å². The summed E-state index contributed by atoms with van der Waals surface area (Å²) in [5.41, 5.74) is 5.69. The van der Waals surface area contributed by atoms with Crippen LogP contribution in [0.15, 0.2) is 17.0 Å². The van der Waals surface area contributed by atoms with Gasteiger partial charge in [0.15, 0.2) is 0 Å². The molecule has 21 heavy (non-hydrogen) atoms. The van der Waals surface area contributed by atoms with Gasteiger partial charge in [-0.2, -0.15) is 0 Å². The Morgan fingerprint density at radius 3 is 2.57 bits per heavy atom. The molecule has 0 aromatic heterocycles. The molecule has 0 bridgehead atoms. The molecule has 0 spiro atoms. The number of rotatable bonds is 8. The highest BCUT2D eigenvalue weighted by Gasteiger charge is 2.20. The first-order valence-electron chi connectivity index (χ1n) is 6.60. The van der Waals surface area contributed by atoms with E-state index in [0.29, 0.717) is 19.6 Å². The van der Waals surface area contributed by atoms with Crippen LogP contribution in [0.4, 0.5) is 5.69 Å². The Balaban J connectivity index is 2.57. The lowest BCUT2D eigenvalue weighted by Crippen LogP contribution is -2.25. The number of nitrogens with one attached hydrogen (secondary N) is 1. The number of hydrogen-bond acceptors (Lipinski definition) is 4. The van der Waals surface area contributed by atoms with Gasteiger partial charge in [-0.1, -0.05) is 23.2 Å². The number of nitrogens with two attached hydrogens (primary N) is 1. The van der Waals surface area contributed by atoms with Crippen LogP contribution < -0.4 is 10.5 Å². The first-order valence-corrected chi connectivity index (χ1v) is 8.84. The molecule has 0 radical (unpaired) electrons. The Morgan fingerprint density at radius 1 is 1.29 bits per heavy atom. The Morgan fingerprint density at radius 2 is 1.95 bits per heavy atom. The summed E-state index contributed by atoms with van der Waals surface area (Å²) in [7, 11) is -3.70. The van der Waals surface area contributed by atoms with Crippen molar-refractivity contribution < 1.29 is 13.2 Å². The monoisotopic (exact) mass is 354 g/mol. The lowest BCUT2D eigenvalue weighted by molar-refractivity contribution is 0.0762. The normalized spacial score (nSPS) is 12.0. The quantitative estimate of drug-likeness (QED) is 0.555. The van der Waals surface area contributed by atoms with Crippen LogP contribution in [0.1, 0.15) is 26.7 Å². The second-order valence-corrected chi connectivity index (χ2v) is 7.32. The maximum absolute atomic E-state index is 12.1. The van der Waals surface area contributed by atoms with Crippen molar-refractivity contribution in [2.24, 2.45) is 0 Å². The van der Waals surface area contributed by atoms with Gasteiger partial charge in [0.1, 0.15) is 4.90 Å². The molecule has 0 amide bonds. The number of anilines is 1. The van der Waals surface area contributed by atoms with Gasteiger partial charge in [-0.3, -0.25) is 0 Å². The van der Waals surface area contributed by atoms with Crippen molar-refractivity contribution in [2.75, 3.05) is 18.9 Å². The summed E-state index contributed by atoms with van der Waals surface area (Å²) in [6.07, 6.45) is 1.63. The molecule has 0 fully saturated rings. The van der Waals surface area contributed by atoms with Crippen molar-refractivity contribution in [3.8, 4) is 0 Å². The molecule has 1 aromatic carbocycles. The van der Waals surface area contributed by atoms with Gasteiger partial charge in [0.25, 0.3) is 0 Å². The second kappa shape index (κ2) is 8.19. The Kier molecular flexibility index (Phi) is 7.23. The third kappa shape index (κ3) is 5.64. The number of nitrogen functional groups attached to an aromatic ring is 1. The summed E-state index contributed by atoms with van der Waals surface area (Å²) in [6.45, 7) is 4.82. The first-order chi connectivity index (χ1) is 9.75. The number of hydrogen-bond donors (Lipinski definition) is 2. The molecule has 0 saturated carbocycles. The van der Waals surface area contributed by atoms with E-state index in [1.165, 1.54) is 12.1 Å². The third-order valence-corrected chi connectivity index (χ3v) is 5.05. The molecular formula is C13H20Cl2N2O3S. The van der Waals surface area contributed by atoms with Gasteiger partial charge in [0.2, 0.25) is 10.0 Å². The van der Waals surface area contributed by atoms with Gasteiger partial charge >= 0.3 is 0 Å². The van der Waals surface area contributed by atoms with E-state index in [1.807, 2.05) is 13.8 Å². The van der Waals surface area contributed by atoms with Gasteiger partial charge in [0.05, 0.1) is 21.8 Å². The Bertz CT molecular complexity index is 577. The second-order valence-electron chi connectivity index (χ2n) is 4.80. The fourth-order valence-electron chi connectivity index (χ4n) is 1.59. The minimum absolute atomic E-state index is 0.0573. The first kappa shape index (κ1) is 18.5. The molecule has 8 heteroatoms. The average Bonchev–Trinajstić information content (AvgIpc) is 2.39. The number of sulfonamides is 1. The van der Waals surface area contributed by atoms with Gasteiger partial charge < -0.3 is 10.5 Å². The van der Waals surface area contributed by atoms with Gasteiger partial charge in [-0.25, -0.2) is 13.1 Å². The summed E-state index contributed by atoms with van der Waals surface area (Å²) >= 11 is 11.7. The molecule has 0 saturated heterocycles. The number of halogens is 2. The van der Waals surface area contributed by atoms with E-state index in [-0.39, 0.29) is 26.7 Å². The Labute approximate surface area is 135 Å². The van der Waals surface area contributed by atoms with Crippen molar-refractivity contribution >= 4 is 38.9 Å². The van der Waals surface area contributed by atoms with E-state index in [4.69, 9.17) is 33.7 Å². The zero-order valence-corrected chi connectivity index (χ0v) is 14.4. The molecule has 1 rings (SSSR count). The highest BCUT2D eigenvalue weighted by molar-refractivity contribution is 7.89. The predicted molar refractivity (Wildman–Crippen MR) is 86.4 cm³/mol. The SMILES string of the molecule is CC(C)OCCCCNS(=O)(=O)c1ccc(Cl)c(N)c1Cl. The predicted octanol–water partition coefficient (Wildman–Crippen LogP) is 3.06. The number of ether oxygens (including phenoxy) is 1. The van der Waals surface area contributed by atoms with Crippen molar-refractivity contribution in [3.63, 3.8) is 0 Å². The van der Waals surface area contributed by atoms with Crippen molar-refractivity contribution in [3.05, 3.63) is 22.2 Å². The minimum atomic E-state index is -3.70.